The number of nitrogens with zero attached hydrogens (tertiary/aromatic N) is 2. The number of hydrogen-bond donors (Lipinski definition) is 2. The number of nitrogens with one attached hydrogen (secondary N) is 1. The first-order valence-electron chi connectivity index (χ1n) is 6.76. The smallest absolute Gasteiger partial charge is 0.221 e. The molecule has 2 N–H and O–H groups in total. The highest BCUT2D eigenvalue weighted by Gasteiger charge is 2.21. The van der Waals surface area contributed by atoms with Gasteiger partial charge in [-0.05, 0) is 13.8 Å². The predicted molar refractivity (Wildman–Crippen MR) is 76.8 cm³/mol. The van der Waals surface area contributed by atoms with Gasteiger partial charge in [0.15, 0.2) is 0 Å². The van der Waals surface area contributed by atoms with Crippen molar-refractivity contribution in [3.8, 4) is 5.88 Å². The molecular weight excluding hydrogens is 242 g/mol. The normalized spacial score (nSPS) is 11.5. The van der Waals surface area contributed by atoms with Gasteiger partial charge < -0.3 is 15.2 Å². The third-order valence-electron chi connectivity index (χ3n) is 2.66. The summed E-state index contributed by atoms with van der Waals surface area (Å²) in [6.45, 7) is 11.6. The number of aromatic nitrogens is 2. The maximum atomic E-state index is 8.81. The van der Waals surface area contributed by atoms with Gasteiger partial charge in [0, 0.05) is 25.0 Å². The molecule has 0 aliphatic rings. The minimum Gasteiger partial charge on any atom is -0.477 e. The summed E-state index contributed by atoms with van der Waals surface area (Å²) >= 11 is 0. The number of rotatable bonds is 6. The van der Waals surface area contributed by atoms with Gasteiger partial charge in [-0.25, -0.2) is 4.98 Å². The second kappa shape index (κ2) is 6.70. The van der Waals surface area contributed by atoms with Gasteiger partial charge >= 0.3 is 0 Å². The molecule has 1 heterocycles. The monoisotopic (exact) mass is 267 g/mol. The van der Waals surface area contributed by atoms with Crippen molar-refractivity contribution in [3.05, 3.63) is 11.4 Å². The first-order chi connectivity index (χ1) is 8.90. The van der Waals surface area contributed by atoms with Gasteiger partial charge in [0.1, 0.15) is 11.6 Å². The Morgan fingerprint density at radius 2 is 1.95 bits per heavy atom. The van der Waals surface area contributed by atoms with Crippen LogP contribution in [-0.2, 0) is 5.41 Å². The van der Waals surface area contributed by atoms with Crippen LogP contribution in [0.15, 0.2) is 0 Å². The van der Waals surface area contributed by atoms with Crippen LogP contribution in [0, 0.1) is 6.92 Å². The van der Waals surface area contributed by atoms with E-state index in [1.54, 1.807) is 0 Å². The molecule has 0 saturated heterocycles. The predicted octanol–water partition coefficient (Wildman–Crippen LogP) is 2.28. The second-order valence-corrected chi connectivity index (χ2v) is 5.53. The molecule has 0 radical (unpaired) electrons. The van der Waals surface area contributed by atoms with Crippen LogP contribution in [0.2, 0.25) is 0 Å². The minimum atomic E-state index is -0.132. The van der Waals surface area contributed by atoms with Crippen LogP contribution < -0.4 is 10.1 Å². The number of ether oxygens (including phenoxy) is 1. The Morgan fingerprint density at radius 1 is 1.26 bits per heavy atom. The molecule has 0 bridgehead atoms. The molecule has 1 aromatic rings. The molecule has 0 aliphatic heterocycles. The molecule has 0 spiro atoms. The van der Waals surface area contributed by atoms with Gasteiger partial charge in [0.2, 0.25) is 5.88 Å². The maximum Gasteiger partial charge on any atom is 0.221 e. The van der Waals surface area contributed by atoms with Crippen molar-refractivity contribution in [2.24, 2.45) is 0 Å². The summed E-state index contributed by atoms with van der Waals surface area (Å²) < 4.78 is 5.65. The molecule has 0 amide bonds. The van der Waals surface area contributed by atoms with Crippen LogP contribution in [0.3, 0.4) is 0 Å². The second-order valence-electron chi connectivity index (χ2n) is 5.53. The van der Waals surface area contributed by atoms with Gasteiger partial charge in [-0.1, -0.05) is 20.8 Å². The molecule has 1 aromatic heterocycles. The van der Waals surface area contributed by atoms with Gasteiger partial charge in [0.25, 0.3) is 0 Å². The van der Waals surface area contributed by atoms with E-state index in [1.807, 2.05) is 13.8 Å². The van der Waals surface area contributed by atoms with Gasteiger partial charge in [-0.3, -0.25) is 0 Å². The maximum absolute atomic E-state index is 8.81. The summed E-state index contributed by atoms with van der Waals surface area (Å²) in [4.78, 5) is 9.07. The molecule has 5 heteroatoms. The quantitative estimate of drug-likeness (QED) is 0.774. The van der Waals surface area contributed by atoms with Crippen molar-refractivity contribution < 1.29 is 9.84 Å². The summed E-state index contributed by atoms with van der Waals surface area (Å²) in [6.07, 6.45) is 0.602. The average Bonchev–Trinajstić information content (AvgIpc) is 2.32. The Kier molecular flexibility index (Phi) is 5.54. The van der Waals surface area contributed by atoms with Crippen molar-refractivity contribution in [2.75, 3.05) is 25.1 Å². The summed E-state index contributed by atoms with van der Waals surface area (Å²) in [5.74, 6) is 2.18. The number of anilines is 1. The Hall–Kier alpha value is -1.36. The molecule has 0 saturated carbocycles. The van der Waals surface area contributed by atoms with E-state index in [2.05, 4.69) is 36.1 Å². The molecule has 0 aliphatic carbocycles. The van der Waals surface area contributed by atoms with Gasteiger partial charge in [-0.15, -0.1) is 0 Å². The summed E-state index contributed by atoms with van der Waals surface area (Å²) in [5.41, 5.74) is 0.778. The molecule has 0 atom stereocenters. The van der Waals surface area contributed by atoms with Crippen molar-refractivity contribution in [1.82, 2.24) is 9.97 Å². The fourth-order valence-corrected chi connectivity index (χ4v) is 1.54. The van der Waals surface area contributed by atoms with E-state index < -0.39 is 0 Å². The third kappa shape index (κ3) is 4.35. The molecule has 0 unspecified atom stereocenters. The lowest BCUT2D eigenvalue weighted by Gasteiger charge is -2.20. The highest BCUT2D eigenvalue weighted by molar-refractivity contribution is 5.49. The van der Waals surface area contributed by atoms with Crippen molar-refractivity contribution in [2.45, 2.75) is 46.5 Å². The molecule has 5 nitrogen and oxygen atoms in total. The molecule has 0 fully saturated rings. The first kappa shape index (κ1) is 15.7. The molecular formula is C14H25N3O2. The standard InChI is InChI=1S/C14H25N3O2/c1-6-15-11-10(2)12(19-9-7-8-18)17-13(16-11)14(3,4)5/h18H,6-9H2,1-5H3,(H,15,16,17). The fourth-order valence-electron chi connectivity index (χ4n) is 1.54. The Bertz CT molecular complexity index is 414. The Labute approximate surface area is 115 Å². The largest absolute Gasteiger partial charge is 0.477 e. The minimum absolute atomic E-state index is 0.121. The lowest BCUT2D eigenvalue weighted by Crippen LogP contribution is -2.19. The van der Waals surface area contributed by atoms with Crippen LogP contribution in [0.5, 0.6) is 5.88 Å². The van der Waals surface area contributed by atoms with E-state index in [1.165, 1.54) is 0 Å². The van der Waals surface area contributed by atoms with E-state index in [0.717, 1.165) is 23.8 Å². The van der Waals surface area contributed by atoms with Crippen molar-refractivity contribution in [3.63, 3.8) is 0 Å². The summed E-state index contributed by atoms with van der Waals surface area (Å²) in [6, 6.07) is 0. The van der Waals surface area contributed by atoms with E-state index >= 15 is 0 Å². The molecule has 19 heavy (non-hydrogen) atoms. The van der Waals surface area contributed by atoms with Gasteiger partial charge in [-0.2, -0.15) is 4.98 Å². The van der Waals surface area contributed by atoms with Crippen LogP contribution in [0.25, 0.3) is 0 Å². The SMILES string of the molecule is CCNc1nc(C(C)(C)C)nc(OCCCO)c1C. The van der Waals surface area contributed by atoms with E-state index in [4.69, 9.17) is 9.84 Å². The molecule has 1 rings (SSSR count). The first-order valence-corrected chi connectivity index (χ1v) is 6.76. The third-order valence-corrected chi connectivity index (χ3v) is 2.66. The Morgan fingerprint density at radius 3 is 2.47 bits per heavy atom. The zero-order valence-corrected chi connectivity index (χ0v) is 12.6. The fraction of sp³-hybridized carbons (Fsp3) is 0.714. The van der Waals surface area contributed by atoms with E-state index in [0.29, 0.717) is 18.9 Å². The average molecular weight is 267 g/mol. The zero-order valence-electron chi connectivity index (χ0n) is 12.6. The topological polar surface area (TPSA) is 67.3 Å². The summed E-state index contributed by atoms with van der Waals surface area (Å²) in [5, 5.41) is 12.0. The van der Waals surface area contributed by atoms with Crippen LogP contribution in [0.4, 0.5) is 5.82 Å². The Balaban J connectivity index is 3.09. The zero-order chi connectivity index (χ0) is 14.5. The van der Waals surface area contributed by atoms with Crippen molar-refractivity contribution in [1.29, 1.82) is 0 Å². The van der Waals surface area contributed by atoms with Crippen LogP contribution in [-0.4, -0.2) is 34.8 Å². The highest BCUT2D eigenvalue weighted by Crippen LogP contribution is 2.27. The van der Waals surface area contributed by atoms with Crippen LogP contribution >= 0.6 is 0 Å². The highest BCUT2D eigenvalue weighted by atomic mass is 16.5. The number of aliphatic hydroxyl groups excluding tert-OH is 1. The number of aliphatic hydroxyl groups is 1. The molecule has 108 valence electrons. The molecule has 0 aromatic carbocycles. The van der Waals surface area contributed by atoms with Crippen molar-refractivity contribution >= 4 is 5.82 Å². The lowest BCUT2D eigenvalue weighted by molar-refractivity contribution is 0.227. The van der Waals surface area contributed by atoms with Gasteiger partial charge in [0.05, 0.1) is 12.2 Å². The lowest BCUT2D eigenvalue weighted by atomic mass is 9.95. The van der Waals surface area contributed by atoms with E-state index in [-0.39, 0.29) is 12.0 Å². The number of hydrogen-bond acceptors (Lipinski definition) is 5. The van der Waals surface area contributed by atoms with E-state index in [9.17, 15) is 0 Å². The van der Waals surface area contributed by atoms with Crippen LogP contribution in [0.1, 0.15) is 45.5 Å². The summed E-state index contributed by atoms with van der Waals surface area (Å²) in [7, 11) is 0.